The number of rotatable bonds is 4. The number of aliphatic hydroxyl groups is 2. The van der Waals surface area contributed by atoms with Gasteiger partial charge in [0.2, 0.25) is 0 Å². The molecule has 0 aromatic rings. The SMILES string of the molecule is C[C@]12CCC(=O)C=C1CC[C@@H]1[C@@H]2[C@@H](O)C[C@@]2(C)[C@H]1CC[C@]2(O)C(=O)COP(=O)(O)O.[Na]. The summed E-state index contributed by atoms with van der Waals surface area (Å²) in [5, 5.41) is 22.7. The van der Waals surface area contributed by atoms with E-state index in [1.165, 1.54) is 0 Å². The molecule has 31 heavy (non-hydrogen) atoms. The van der Waals surface area contributed by atoms with Crippen LogP contribution < -0.4 is 0 Å². The Hall–Kier alpha value is 0.110. The third-order valence-corrected chi connectivity index (χ3v) is 9.34. The summed E-state index contributed by atoms with van der Waals surface area (Å²) in [6.07, 6.45) is 4.79. The third-order valence-electron chi connectivity index (χ3n) is 8.87. The molecular weight excluding hydrogens is 434 g/mol. The van der Waals surface area contributed by atoms with Crippen LogP contribution in [-0.2, 0) is 18.7 Å². The number of phosphoric ester groups is 1. The Morgan fingerprint density at radius 3 is 2.55 bits per heavy atom. The molecule has 0 aromatic carbocycles. The van der Waals surface area contributed by atoms with Gasteiger partial charge in [-0.15, -0.1) is 0 Å². The van der Waals surface area contributed by atoms with Gasteiger partial charge in [-0.2, -0.15) is 0 Å². The van der Waals surface area contributed by atoms with Crippen LogP contribution >= 0.6 is 7.82 Å². The Kier molecular flexibility index (Phi) is 6.97. The molecular formula is C21H31NaO8P. The average Bonchev–Trinajstić information content (AvgIpc) is 2.91. The minimum atomic E-state index is -4.83. The monoisotopic (exact) mass is 465 g/mol. The van der Waals surface area contributed by atoms with Gasteiger partial charge >= 0.3 is 7.82 Å². The van der Waals surface area contributed by atoms with Crippen LogP contribution in [-0.4, -0.2) is 79.4 Å². The molecule has 3 fully saturated rings. The van der Waals surface area contributed by atoms with Gasteiger partial charge < -0.3 is 20.0 Å². The van der Waals surface area contributed by atoms with Crippen LogP contribution in [0.25, 0.3) is 0 Å². The van der Waals surface area contributed by atoms with E-state index in [1.54, 1.807) is 6.08 Å². The van der Waals surface area contributed by atoms with E-state index >= 15 is 0 Å². The number of aliphatic hydroxyl groups excluding tert-OH is 1. The van der Waals surface area contributed by atoms with Gasteiger partial charge in [-0.25, -0.2) is 4.57 Å². The predicted octanol–water partition coefficient (Wildman–Crippen LogP) is 1.52. The predicted molar refractivity (Wildman–Crippen MR) is 112 cm³/mol. The Morgan fingerprint density at radius 1 is 1.23 bits per heavy atom. The third kappa shape index (κ3) is 4.00. The number of Topliss-reactive ketones (excluding diaryl/α,β-unsaturated/α-hetero) is 1. The first-order valence-electron chi connectivity index (χ1n) is 10.7. The van der Waals surface area contributed by atoms with E-state index in [2.05, 4.69) is 11.4 Å². The summed E-state index contributed by atoms with van der Waals surface area (Å²) >= 11 is 0. The Bertz CT molecular complexity index is 854. The standard InChI is InChI=1S/C21H31O8P.Na/c1-19-7-5-13(22)9-12(19)3-4-14-15-6-8-21(25,17(24)11-29-30(26,27)28)20(15,2)10-16(23)18(14)19;/h9,14-16,18,23,25H,3-8,10-11H2,1-2H3,(H2,26,27,28);/t14-,15-,16-,18+,19-,20-,21-;/m0./s1. The zero-order valence-corrected chi connectivity index (χ0v) is 21.3. The maximum atomic E-state index is 12.8. The first kappa shape index (κ1) is 25.7. The first-order chi connectivity index (χ1) is 13.8. The molecule has 0 spiro atoms. The maximum Gasteiger partial charge on any atom is 0.470 e. The van der Waals surface area contributed by atoms with Gasteiger partial charge in [0, 0.05) is 41.4 Å². The molecule has 0 saturated heterocycles. The second-order valence-electron chi connectivity index (χ2n) is 10.2. The van der Waals surface area contributed by atoms with Gasteiger partial charge in [-0.05, 0) is 67.8 Å². The number of fused-ring (bicyclic) bond motifs is 5. The Labute approximate surface area is 204 Å². The molecule has 0 aliphatic heterocycles. The molecule has 7 atom stereocenters. The summed E-state index contributed by atoms with van der Waals surface area (Å²) in [5.74, 6) is -0.522. The van der Waals surface area contributed by atoms with E-state index in [4.69, 9.17) is 9.79 Å². The summed E-state index contributed by atoms with van der Waals surface area (Å²) < 4.78 is 15.4. The summed E-state index contributed by atoms with van der Waals surface area (Å²) in [7, 11) is -4.83. The quantitative estimate of drug-likeness (QED) is 0.362. The van der Waals surface area contributed by atoms with Gasteiger partial charge in [-0.3, -0.25) is 14.1 Å². The minimum Gasteiger partial charge on any atom is -0.393 e. The van der Waals surface area contributed by atoms with Gasteiger partial charge in [0.05, 0.1) is 6.10 Å². The van der Waals surface area contributed by atoms with Crippen molar-refractivity contribution in [1.29, 1.82) is 0 Å². The Balaban J connectivity index is 0.00000272. The number of hydrogen-bond donors (Lipinski definition) is 4. The fourth-order valence-electron chi connectivity index (χ4n) is 7.41. The summed E-state index contributed by atoms with van der Waals surface area (Å²) in [5.41, 5.74) is -1.84. The molecule has 1 radical (unpaired) electrons. The van der Waals surface area contributed by atoms with Crippen molar-refractivity contribution in [2.24, 2.45) is 28.6 Å². The maximum absolute atomic E-state index is 12.8. The molecule has 169 valence electrons. The van der Waals surface area contributed by atoms with E-state index in [0.717, 1.165) is 18.4 Å². The van der Waals surface area contributed by atoms with E-state index in [9.17, 15) is 24.4 Å². The molecule has 0 unspecified atom stereocenters. The summed E-state index contributed by atoms with van der Waals surface area (Å²) in [6, 6.07) is 0. The molecule has 0 bridgehead atoms. The fourth-order valence-corrected chi connectivity index (χ4v) is 7.70. The van der Waals surface area contributed by atoms with E-state index in [-0.39, 0.29) is 71.4 Å². The average molecular weight is 465 g/mol. The topological polar surface area (TPSA) is 141 Å². The van der Waals surface area contributed by atoms with Crippen molar-refractivity contribution in [3.63, 3.8) is 0 Å². The molecule has 10 heteroatoms. The van der Waals surface area contributed by atoms with Gasteiger partial charge in [0.25, 0.3) is 0 Å². The molecule has 4 rings (SSSR count). The molecule has 0 heterocycles. The van der Waals surface area contributed by atoms with Crippen LogP contribution in [0.2, 0.25) is 0 Å². The number of phosphoric acid groups is 1. The van der Waals surface area contributed by atoms with Crippen molar-refractivity contribution in [2.45, 2.75) is 70.5 Å². The minimum absolute atomic E-state index is 0. The smallest absolute Gasteiger partial charge is 0.393 e. The zero-order valence-electron chi connectivity index (χ0n) is 18.4. The van der Waals surface area contributed by atoms with E-state index < -0.39 is 37.3 Å². The van der Waals surface area contributed by atoms with Crippen molar-refractivity contribution >= 4 is 48.9 Å². The van der Waals surface area contributed by atoms with Crippen molar-refractivity contribution in [2.75, 3.05) is 6.61 Å². The van der Waals surface area contributed by atoms with Crippen LogP contribution in [0.5, 0.6) is 0 Å². The van der Waals surface area contributed by atoms with Crippen molar-refractivity contribution < 1.29 is 38.7 Å². The largest absolute Gasteiger partial charge is 0.470 e. The van der Waals surface area contributed by atoms with Crippen LogP contribution in [0.1, 0.15) is 58.8 Å². The number of carbonyl (C=O) groups is 2. The molecule has 8 nitrogen and oxygen atoms in total. The van der Waals surface area contributed by atoms with Crippen LogP contribution in [0, 0.1) is 28.6 Å². The van der Waals surface area contributed by atoms with Gasteiger partial charge in [0.1, 0.15) is 12.2 Å². The first-order valence-corrected chi connectivity index (χ1v) is 12.2. The molecule has 4 N–H and O–H groups in total. The van der Waals surface area contributed by atoms with Crippen LogP contribution in [0.4, 0.5) is 0 Å². The zero-order chi connectivity index (χ0) is 22.1. The summed E-state index contributed by atoms with van der Waals surface area (Å²) in [6.45, 7) is 3.09. The molecule has 4 aliphatic carbocycles. The van der Waals surface area contributed by atoms with Crippen LogP contribution in [0.3, 0.4) is 0 Å². The van der Waals surface area contributed by atoms with Crippen molar-refractivity contribution in [3.8, 4) is 0 Å². The molecule has 0 amide bonds. The normalized spacial score (nSPS) is 44.5. The second kappa shape index (κ2) is 8.40. The number of allylic oxidation sites excluding steroid dienone is 1. The number of hydrogen-bond acceptors (Lipinski definition) is 6. The second-order valence-corrected chi connectivity index (χ2v) is 11.4. The molecule has 3 saturated carbocycles. The molecule has 0 aromatic heterocycles. The van der Waals surface area contributed by atoms with Crippen molar-refractivity contribution in [3.05, 3.63) is 11.6 Å². The van der Waals surface area contributed by atoms with Crippen LogP contribution in [0.15, 0.2) is 11.6 Å². The number of ketones is 2. The number of carbonyl (C=O) groups excluding carboxylic acids is 2. The van der Waals surface area contributed by atoms with Gasteiger partial charge in [0.15, 0.2) is 11.6 Å². The van der Waals surface area contributed by atoms with Gasteiger partial charge in [-0.1, -0.05) is 19.4 Å². The van der Waals surface area contributed by atoms with Crippen molar-refractivity contribution in [1.82, 2.24) is 0 Å². The van der Waals surface area contributed by atoms with E-state index in [1.807, 2.05) is 6.92 Å². The molecule has 4 aliphatic rings. The Morgan fingerprint density at radius 2 is 1.90 bits per heavy atom. The summed E-state index contributed by atoms with van der Waals surface area (Å²) in [4.78, 5) is 42.6. The fraction of sp³-hybridized carbons (Fsp3) is 0.810. The van der Waals surface area contributed by atoms with E-state index in [0.29, 0.717) is 19.3 Å².